The number of hydrogen-bond acceptors (Lipinski definition) is 1. The van der Waals surface area contributed by atoms with Gasteiger partial charge in [-0.3, -0.25) is 0 Å². The fraction of sp³-hybridized carbons (Fsp3) is 0.600. The van der Waals surface area contributed by atoms with E-state index in [0.717, 1.165) is 17.2 Å². The van der Waals surface area contributed by atoms with Crippen LogP contribution in [0.2, 0.25) is 0 Å². The van der Waals surface area contributed by atoms with Crippen LogP contribution >= 0.6 is 11.6 Å². The minimum Gasteiger partial charge on any atom is -0.490 e. The van der Waals surface area contributed by atoms with Crippen LogP contribution in [0.4, 0.5) is 0 Å². The van der Waals surface area contributed by atoms with Gasteiger partial charge in [0.2, 0.25) is 0 Å². The molecule has 0 N–H and O–H groups in total. The molecule has 17 heavy (non-hydrogen) atoms. The minimum atomic E-state index is 0.391. The van der Waals surface area contributed by atoms with Crippen molar-refractivity contribution in [3.8, 4) is 5.75 Å². The Morgan fingerprint density at radius 1 is 1.18 bits per heavy atom. The van der Waals surface area contributed by atoms with Gasteiger partial charge < -0.3 is 4.74 Å². The molecule has 0 radical (unpaired) electrons. The molecule has 1 aliphatic rings. The predicted molar refractivity (Wildman–Crippen MR) is 72.7 cm³/mol. The first-order valence-electron chi connectivity index (χ1n) is 6.64. The van der Waals surface area contributed by atoms with Gasteiger partial charge in [-0.25, -0.2) is 0 Å². The molecule has 0 atom stereocenters. The molecular weight excluding hydrogens is 232 g/mol. The zero-order chi connectivity index (χ0) is 12.1. The summed E-state index contributed by atoms with van der Waals surface area (Å²) >= 11 is 5.92. The monoisotopic (exact) mass is 252 g/mol. The molecule has 1 nitrogen and oxygen atoms in total. The third-order valence-corrected chi connectivity index (χ3v) is 4.07. The standard InChI is InChI=1S/C15H21ClO/c1-2-12-7-9-14(10-8-12)17-15-6-4-3-5-13(15)11-16/h3-6,12,14H,2,7-11H2,1H3. The Morgan fingerprint density at radius 3 is 2.53 bits per heavy atom. The second kappa shape index (κ2) is 6.30. The number of alkyl halides is 1. The van der Waals surface area contributed by atoms with Crippen LogP contribution in [0.5, 0.6) is 5.75 Å². The summed E-state index contributed by atoms with van der Waals surface area (Å²) in [5.74, 6) is 2.42. The van der Waals surface area contributed by atoms with Crippen LogP contribution in [0.1, 0.15) is 44.6 Å². The van der Waals surface area contributed by atoms with Crippen molar-refractivity contribution in [2.75, 3.05) is 0 Å². The van der Waals surface area contributed by atoms with Crippen LogP contribution in [-0.4, -0.2) is 6.10 Å². The van der Waals surface area contributed by atoms with Crippen molar-refractivity contribution in [2.24, 2.45) is 5.92 Å². The minimum absolute atomic E-state index is 0.391. The largest absolute Gasteiger partial charge is 0.490 e. The molecule has 0 aromatic heterocycles. The van der Waals surface area contributed by atoms with E-state index in [0.29, 0.717) is 12.0 Å². The Bertz CT molecular complexity index is 343. The Labute approximate surface area is 109 Å². The maximum absolute atomic E-state index is 6.09. The van der Waals surface area contributed by atoms with Gasteiger partial charge in [-0.2, -0.15) is 0 Å². The highest BCUT2D eigenvalue weighted by molar-refractivity contribution is 6.17. The van der Waals surface area contributed by atoms with Crippen LogP contribution in [-0.2, 0) is 5.88 Å². The molecule has 2 rings (SSSR count). The van der Waals surface area contributed by atoms with Gasteiger partial charge in [0.05, 0.1) is 12.0 Å². The molecule has 0 saturated heterocycles. The predicted octanol–water partition coefficient (Wildman–Crippen LogP) is 4.77. The van der Waals surface area contributed by atoms with Crippen LogP contribution in [0.3, 0.4) is 0 Å². The summed E-state index contributed by atoms with van der Waals surface area (Å²) in [7, 11) is 0. The highest BCUT2D eigenvalue weighted by Crippen LogP contribution is 2.30. The van der Waals surface area contributed by atoms with E-state index in [1.807, 2.05) is 24.3 Å². The third-order valence-electron chi connectivity index (χ3n) is 3.78. The average Bonchev–Trinajstić information content (AvgIpc) is 2.40. The third kappa shape index (κ3) is 3.38. The summed E-state index contributed by atoms with van der Waals surface area (Å²) in [6.45, 7) is 2.29. The van der Waals surface area contributed by atoms with E-state index in [-0.39, 0.29) is 0 Å². The van der Waals surface area contributed by atoms with E-state index in [2.05, 4.69) is 6.92 Å². The molecule has 1 aromatic carbocycles. The van der Waals surface area contributed by atoms with Crippen molar-refractivity contribution in [3.63, 3.8) is 0 Å². The van der Waals surface area contributed by atoms with Gasteiger partial charge in [-0.05, 0) is 37.7 Å². The Balaban J connectivity index is 1.93. The first kappa shape index (κ1) is 12.8. The van der Waals surface area contributed by atoms with E-state index < -0.39 is 0 Å². The summed E-state index contributed by atoms with van der Waals surface area (Å²) in [4.78, 5) is 0. The second-order valence-corrected chi connectivity index (χ2v) is 5.18. The van der Waals surface area contributed by atoms with E-state index in [4.69, 9.17) is 16.3 Å². The molecule has 0 bridgehead atoms. The maximum Gasteiger partial charge on any atom is 0.124 e. The lowest BCUT2D eigenvalue weighted by molar-refractivity contribution is 0.129. The van der Waals surface area contributed by atoms with Crippen LogP contribution in [0.25, 0.3) is 0 Å². The smallest absolute Gasteiger partial charge is 0.124 e. The summed E-state index contributed by atoms with van der Waals surface area (Å²) in [6.07, 6.45) is 6.70. The van der Waals surface area contributed by atoms with Crippen LogP contribution in [0.15, 0.2) is 24.3 Å². The number of hydrogen-bond donors (Lipinski definition) is 0. The van der Waals surface area contributed by atoms with Gasteiger partial charge >= 0.3 is 0 Å². The zero-order valence-corrected chi connectivity index (χ0v) is 11.2. The summed E-state index contributed by atoms with van der Waals surface area (Å²) in [5, 5.41) is 0. The second-order valence-electron chi connectivity index (χ2n) is 4.91. The van der Waals surface area contributed by atoms with Crippen molar-refractivity contribution in [3.05, 3.63) is 29.8 Å². The van der Waals surface area contributed by atoms with Crippen molar-refractivity contribution >= 4 is 11.6 Å². The van der Waals surface area contributed by atoms with Gasteiger partial charge in [0, 0.05) is 5.56 Å². The van der Waals surface area contributed by atoms with E-state index in [9.17, 15) is 0 Å². The van der Waals surface area contributed by atoms with Crippen molar-refractivity contribution < 1.29 is 4.74 Å². The number of ether oxygens (including phenoxy) is 1. The van der Waals surface area contributed by atoms with Gasteiger partial charge in [-0.15, -0.1) is 11.6 Å². The zero-order valence-electron chi connectivity index (χ0n) is 10.5. The molecule has 1 fully saturated rings. The molecule has 0 heterocycles. The normalized spacial score (nSPS) is 24.6. The summed E-state index contributed by atoms with van der Waals surface area (Å²) in [5.41, 5.74) is 1.10. The van der Waals surface area contributed by atoms with E-state index in [1.165, 1.54) is 32.1 Å². The molecule has 0 aliphatic heterocycles. The van der Waals surface area contributed by atoms with Crippen LogP contribution in [0, 0.1) is 5.92 Å². The lowest BCUT2D eigenvalue weighted by atomic mass is 9.86. The molecular formula is C15H21ClO. The number of halogens is 1. The fourth-order valence-electron chi connectivity index (χ4n) is 2.57. The van der Waals surface area contributed by atoms with Gasteiger partial charge in [0.25, 0.3) is 0 Å². The highest BCUT2D eigenvalue weighted by atomic mass is 35.5. The lowest BCUT2D eigenvalue weighted by Gasteiger charge is -2.28. The quantitative estimate of drug-likeness (QED) is 0.701. The van der Waals surface area contributed by atoms with Crippen molar-refractivity contribution in [1.29, 1.82) is 0 Å². The SMILES string of the molecule is CCC1CCC(Oc2ccccc2CCl)CC1. The number of para-hydroxylation sites is 1. The molecule has 94 valence electrons. The van der Waals surface area contributed by atoms with Gasteiger partial charge in [0.15, 0.2) is 0 Å². The number of benzene rings is 1. The van der Waals surface area contributed by atoms with Gasteiger partial charge in [-0.1, -0.05) is 31.5 Å². The van der Waals surface area contributed by atoms with Crippen molar-refractivity contribution in [2.45, 2.75) is 51.0 Å². The first-order valence-corrected chi connectivity index (χ1v) is 7.17. The Morgan fingerprint density at radius 2 is 1.88 bits per heavy atom. The molecule has 1 saturated carbocycles. The Kier molecular flexibility index (Phi) is 4.73. The van der Waals surface area contributed by atoms with E-state index >= 15 is 0 Å². The topological polar surface area (TPSA) is 9.23 Å². The molecule has 0 amide bonds. The molecule has 1 aliphatic carbocycles. The first-order chi connectivity index (χ1) is 8.33. The maximum atomic E-state index is 6.09. The van der Waals surface area contributed by atoms with Crippen molar-refractivity contribution in [1.82, 2.24) is 0 Å². The van der Waals surface area contributed by atoms with Gasteiger partial charge in [0.1, 0.15) is 5.75 Å². The lowest BCUT2D eigenvalue weighted by Crippen LogP contribution is -2.24. The molecule has 1 aromatic rings. The van der Waals surface area contributed by atoms with Crippen LogP contribution < -0.4 is 4.74 Å². The highest BCUT2D eigenvalue weighted by Gasteiger charge is 2.21. The van der Waals surface area contributed by atoms with E-state index in [1.54, 1.807) is 0 Å². The summed E-state index contributed by atoms with van der Waals surface area (Å²) < 4.78 is 6.09. The fourth-order valence-corrected chi connectivity index (χ4v) is 2.79. The Hall–Kier alpha value is -0.690. The molecule has 0 spiro atoms. The number of rotatable bonds is 4. The average molecular weight is 253 g/mol. The molecule has 0 unspecified atom stereocenters. The summed E-state index contributed by atoms with van der Waals surface area (Å²) in [6, 6.07) is 8.10. The molecule has 2 heteroatoms.